The summed E-state index contributed by atoms with van der Waals surface area (Å²) in [5.41, 5.74) is 2.53. The Kier molecular flexibility index (Phi) is 5.88. The van der Waals surface area contributed by atoms with Gasteiger partial charge in [0, 0.05) is 5.56 Å². The molecule has 0 saturated heterocycles. The monoisotopic (exact) mass is 236 g/mol. The van der Waals surface area contributed by atoms with Crippen LogP contribution >= 0.6 is 0 Å². The number of phenolic OH excluding ortho intramolecular Hbond substituents is 1. The Balaban J connectivity index is 3.00. The van der Waals surface area contributed by atoms with Gasteiger partial charge < -0.3 is 9.84 Å². The molecule has 0 aliphatic carbocycles. The van der Waals surface area contributed by atoms with Crippen molar-refractivity contribution in [1.29, 1.82) is 0 Å². The molecule has 0 atom stereocenters. The summed E-state index contributed by atoms with van der Waals surface area (Å²) in [6.07, 6.45) is 6.74. The molecule has 96 valence electrons. The molecular weight excluding hydrogens is 212 g/mol. The SMILES string of the molecule is CCCCc1ccc(O)c(OC)c1CCCC. The zero-order valence-electron chi connectivity index (χ0n) is 11.3. The van der Waals surface area contributed by atoms with Crippen molar-refractivity contribution in [1.82, 2.24) is 0 Å². The van der Waals surface area contributed by atoms with Gasteiger partial charge in [0.25, 0.3) is 0 Å². The van der Waals surface area contributed by atoms with Gasteiger partial charge in [-0.1, -0.05) is 32.8 Å². The van der Waals surface area contributed by atoms with Crippen LogP contribution in [0.25, 0.3) is 0 Å². The maximum absolute atomic E-state index is 9.82. The van der Waals surface area contributed by atoms with E-state index in [4.69, 9.17) is 4.74 Å². The van der Waals surface area contributed by atoms with Gasteiger partial charge in [-0.25, -0.2) is 0 Å². The molecule has 2 heteroatoms. The first kappa shape index (κ1) is 13.9. The Morgan fingerprint density at radius 3 is 2.29 bits per heavy atom. The Morgan fingerprint density at radius 1 is 1.06 bits per heavy atom. The van der Waals surface area contributed by atoms with E-state index in [0.29, 0.717) is 5.75 Å². The van der Waals surface area contributed by atoms with Gasteiger partial charge in [0.05, 0.1) is 7.11 Å². The lowest BCUT2D eigenvalue weighted by Crippen LogP contribution is -1.99. The van der Waals surface area contributed by atoms with Crippen LogP contribution in [-0.2, 0) is 12.8 Å². The summed E-state index contributed by atoms with van der Waals surface area (Å²) in [5.74, 6) is 0.936. The fraction of sp³-hybridized carbons (Fsp3) is 0.600. The summed E-state index contributed by atoms with van der Waals surface area (Å²) in [6, 6.07) is 3.79. The molecule has 0 fully saturated rings. The molecule has 0 aliphatic heterocycles. The van der Waals surface area contributed by atoms with E-state index in [1.165, 1.54) is 24.0 Å². The zero-order chi connectivity index (χ0) is 12.7. The van der Waals surface area contributed by atoms with E-state index in [9.17, 15) is 5.11 Å². The highest BCUT2D eigenvalue weighted by atomic mass is 16.5. The van der Waals surface area contributed by atoms with Gasteiger partial charge >= 0.3 is 0 Å². The van der Waals surface area contributed by atoms with Gasteiger partial charge in [-0.2, -0.15) is 0 Å². The molecule has 0 heterocycles. The van der Waals surface area contributed by atoms with Crippen molar-refractivity contribution in [2.75, 3.05) is 7.11 Å². The second-order valence-corrected chi connectivity index (χ2v) is 4.46. The number of hydrogen-bond acceptors (Lipinski definition) is 2. The minimum absolute atomic E-state index is 0.263. The van der Waals surface area contributed by atoms with Crippen LogP contribution in [-0.4, -0.2) is 12.2 Å². The molecular formula is C15H24O2. The standard InChI is InChI=1S/C15H24O2/c1-4-6-8-12-10-11-14(16)15(17-3)13(12)9-7-5-2/h10-11,16H,4-9H2,1-3H3. The molecule has 0 radical (unpaired) electrons. The van der Waals surface area contributed by atoms with Crippen LogP contribution < -0.4 is 4.74 Å². The molecule has 0 aliphatic rings. The largest absolute Gasteiger partial charge is 0.504 e. The summed E-state index contributed by atoms with van der Waals surface area (Å²) in [5, 5.41) is 9.82. The number of benzene rings is 1. The molecule has 0 aromatic heterocycles. The van der Waals surface area contributed by atoms with Crippen LogP contribution in [0.3, 0.4) is 0 Å². The first-order valence-corrected chi connectivity index (χ1v) is 6.62. The Hall–Kier alpha value is -1.18. The third kappa shape index (κ3) is 3.65. The van der Waals surface area contributed by atoms with Crippen molar-refractivity contribution in [2.24, 2.45) is 0 Å². The number of methoxy groups -OCH3 is 1. The molecule has 1 rings (SSSR count). The molecule has 1 aromatic rings. The summed E-state index contributed by atoms with van der Waals surface area (Å²) in [7, 11) is 1.63. The predicted molar refractivity (Wildman–Crippen MR) is 71.9 cm³/mol. The minimum Gasteiger partial charge on any atom is -0.504 e. The maximum atomic E-state index is 9.82. The van der Waals surface area contributed by atoms with E-state index in [1.807, 2.05) is 6.07 Å². The number of rotatable bonds is 7. The Bertz CT molecular complexity index is 345. The Labute approximate surface area is 105 Å². The summed E-state index contributed by atoms with van der Waals surface area (Å²) in [6.45, 7) is 4.38. The van der Waals surface area contributed by atoms with E-state index < -0.39 is 0 Å². The van der Waals surface area contributed by atoms with Gasteiger partial charge in [-0.05, 0) is 37.3 Å². The minimum atomic E-state index is 0.263. The highest BCUT2D eigenvalue weighted by Crippen LogP contribution is 2.34. The van der Waals surface area contributed by atoms with E-state index in [1.54, 1.807) is 13.2 Å². The molecule has 0 saturated carbocycles. The number of hydrogen-bond donors (Lipinski definition) is 1. The van der Waals surface area contributed by atoms with Gasteiger partial charge in [0.1, 0.15) is 0 Å². The third-order valence-corrected chi connectivity index (χ3v) is 3.12. The van der Waals surface area contributed by atoms with E-state index in [2.05, 4.69) is 13.8 Å². The Morgan fingerprint density at radius 2 is 1.71 bits per heavy atom. The van der Waals surface area contributed by atoms with Crippen molar-refractivity contribution < 1.29 is 9.84 Å². The van der Waals surface area contributed by atoms with E-state index in [-0.39, 0.29) is 5.75 Å². The summed E-state index contributed by atoms with van der Waals surface area (Å²) >= 11 is 0. The second-order valence-electron chi connectivity index (χ2n) is 4.46. The van der Waals surface area contributed by atoms with Crippen LogP contribution in [0.5, 0.6) is 11.5 Å². The molecule has 1 aromatic carbocycles. The fourth-order valence-corrected chi connectivity index (χ4v) is 2.11. The number of aryl methyl sites for hydroxylation is 1. The molecule has 2 nitrogen and oxygen atoms in total. The molecule has 17 heavy (non-hydrogen) atoms. The average Bonchev–Trinajstić information content (AvgIpc) is 2.35. The van der Waals surface area contributed by atoms with Gasteiger partial charge in [0.2, 0.25) is 0 Å². The first-order chi connectivity index (χ1) is 8.24. The number of unbranched alkanes of at least 4 members (excludes halogenated alkanes) is 2. The van der Waals surface area contributed by atoms with Crippen molar-refractivity contribution in [2.45, 2.75) is 52.4 Å². The van der Waals surface area contributed by atoms with Gasteiger partial charge in [-0.3, -0.25) is 0 Å². The third-order valence-electron chi connectivity index (χ3n) is 3.12. The lowest BCUT2D eigenvalue weighted by molar-refractivity contribution is 0.368. The van der Waals surface area contributed by atoms with Crippen LogP contribution in [0, 0.1) is 0 Å². The van der Waals surface area contributed by atoms with Crippen LogP contribution in [0.15, 0.2) is 12.1 Å². The molecule has 0 amide bonds. The van der Waals surface area contributed by atoms with Crippen molar-refractivity contribution in [3.63, 3.8) is 0 Å². The van der Waals surface area contributed by atoms with Crippen LogP contribution in [0.1, 0.15) is 50.7 Å². The topological polar surface area (TPSA) is 29.5 Å². The van der Waals surface area contributed by atoms with Gasteiger partial charge in [0.15, 0.2) is 11.5 Å². The van der Waals surface area contributed by atoms with Gasteiger partial charge in [-0.15, -0.1) is 0 Å². The maximum Gasteiger partial charge on any atom is 0.163 e. The zero-order valence-corrected chi connectivity index (χ0v) is 11.3. The lowest BCUT2D eigenvalue weighted by Gasteiger charge is -2.15. The predicted octanol–water partition coefficient (Wildman–Crippen LogP) is 4.09. The van der Waals surface area contributed by atoms with Crippen molar-refractivity contribution in [3.05, 3.63) is 23.3 Å². The van der Waals surface area contributed by atoms with Crippen LogP contribution in [0.2, 0.25) is 0 Å². The molecule has 0 unspecified atom stereocenters. The van der Waals surface area contributed by atoms with E-state index >= 15 is 0 Å². The summed E-state index contributed by atoms with van der Waals surface area (Å²) < 4.78 is 5.34. The molecule has 0 spiro atoms. The normalized spacial score (nSPS) is 10.5. The summed E-state index contributed by atoms with van der Waals surface area (Å²) in [4.78, 5) is 0. The average molecular weight is 236 g/mol. The van der Waals surface area contributed by atoms with E-state index in [0.717, 1.165) is 25.7 Å². The second kappa shape index (κ2) is 7.21. The number of ether oxygens (including phenoxy) is 1. The highest BCUT2D eigenvalue weighted by molar-refractivity contribution is 5.50. The highest BCUT2D eigenvalue weighted by Gasteiger charge is 2.12. The number of phenols is 1. The fourth-order valence-electron chi connectivity index (χ4n) is 2.11. The quantitative estimate of drug-likeness (QED) is 0.772. The lowest BCUT2D eigenvalue weighted by atomic mass is 9.96. The van der Waals surface area contributed by atoms with Crippen LogP contribution in [0.4, 0.5) is 0 Å². The van der Waals surface area contributed by atoms with Crippen molar-refractivity contribution >= 4 is 0 Å². The molecule has 0 bridgehead atoms. The number of aromatic hydroxyl groups is 1. The van der Waals surface area contributed by atoms with Crippen molar-refractivity contribution in [3.8, 4) is 11.5 Å². The first-order valence-electron chi connectivity index (χ1n) is 6.62. The smallest absolute Gasteiger partial charge is 0.163 e. The molecule has 1 N–H and O–H groups in total.